The molecule has 1 aliphatic rings. The largest absolute Gasteiger partial charge is 0.311 e. The summed E-state index contributed by atoms with van der Waals surface area (Å²) < 4.78 is 0. The third-order valence-electron chi connectivity index (χ3n) is 4.05. The Morgan fingerprint density at radius 3 is 2.80 bits per heavy atom. The molecular formula is C17H27ClN2. The second-order valence-electron chi connectivity index (χ2n) is 6.62. The van der Waals surface area contributed by atoms with Gasteiger partial charge in [-0.1, -0.05) is 37.6 Å². The molecule has 20 heavy (non-hydrogen) atoms. The fraction of sp³-hybridized carbons (Fsp3) is 0.647. The number of hydrogen-bond acceptors (Lipinski definition) is 2. The molecule has 1 aliphatic heterocycles. The predicted octanol–water partition coefficient (Wildman–Crippen LogP) is 3.86. The molecule has 2 unspecified atom stereocenters. The zero-order valence-corrected chi connectivity index (χ0v) is 13.9. The first kappa shape index (κ1) is 15.8. The molecule has 112 valence electrons. The summed E-state index contributed by atoms with van der Waals surface area (Å²) in [7, 11) is 0. The lowest BCUT2D eigenvalue weighted by Crippen LogP contribution is -2.55. The Balaban J connectivity index is 2.10. The lowest BCUT2D eigenvalue weighted by molar-refractivity contribution is 0.111. The third-order valence-corrected chi connectivity index (χ3v) is 4.40. The number of benzene rings is 1. The van der Waals surface area contributed by atoms with Gasteiger partial charge in [-0.2, -0.15) is 0 Å². The number of nitrogens with zero attached hydrogens (tertiary/aromatic N) is 1. The average molecular weight is 295 g/mol. The molecule has 1 heterocycles. The summed E-state index contributed by atoms with van der Waals surface area (Å²) in [6.45, 7) is 12.1. The number of halogens is 1. The molecule has 1 aromatic rings. The summed E-state index contributed by atoms with van der Waals surface area (Å²) in [6, 6.07) is 7.58. The number of aryl methyl sites for hydroxylation is 1. The zero-order valence-electron chi connectivity index (χ0n) is 13.1. The summed E-state index contributed by atoms with van der Waals surface area (Å²) >= 11 is 6.40. The first-order valence-electron chi connectivity index (χ1n) is 7.68. The van der Waals surface area contributed by atoms with Crippen LogP contribution in [-0.2, 0) is 6.54 Å². The van der Waals surface area contributed by atoms with E-state index in [-0.39, 0.29) is 0 Å². The van der Waals surface area contributed by atoms with Gasteiger partial charge in [0.05, 0.1) is 0 Å². The normalized spacial score (nSPS) is 24.3. The van der Waals surface area contributed by atoms with E-state index >= 15 is 0 Å². The first-order chi connectivity index (χ1) is 9.45. The van der Waals surface area contributed by atoms with Crippen LogP contribution in [0.3, 0.4) is 0 Å². The van der Waals surface area contributed by atoms with E-state index in [0.717, 1.165) is 30.6 Å². The fourth-order valence-corrected chi connectivity index (χ4v) is 3.30. The van der Waals surface area contributed by atoms with Gasteiger partial charge in [-0.25, -0.2) is 0 Å². The van der Waals surface area contributed by atoms with Crippen molar-refractivity contribution in [2.75, 3.05) is 13.1 Å². The Labute approximate surface area is 128 Å². The quantitative estimate of drug-likeness (QED) is 0.907. The van der Waals surface area contributed by atoms with E-state index in [9.17, 15) is 0 Å². The Morgan fingerprint density at radius 2 is 2.15 bits per heavy atom. The summed E-state index contributed by atoms with van der Waals surface area (Å²) in [5.41, 5.74) is 2.48. The van der Waals surface area contributed by atoms with Crippen LogP contribution in [0.4, 0.5) is 0 Å². The maximum Gasteiger partial charge on any atom is 0.0453 e. The van der Waals surface area contributed by atoms with Gasteiger partial charge in [-0.05, 0) is 43.4 Å². The Kier molecular flexibility index (Phi) is 5.48. The summed E-state index contributed by atoms with van der Waals surface area (Å²) in [5, 5.41) is 4.50. The molecule has 3 heteroatoms. The van der Waals surface area contributed by atoms with Gasteiger partial charge in [0.2, 0.25) is 0 Å². The molecule has 1 N–H and O–H groups in total. The highest BCUT2D eigenvalue weighted by molar-refractivity contribution is 6.31. The van der Waals surface area contributed by atoms with E-state index in [1.54, 1.807) is 0 Å². The molecule has 2 rings (SSSR count). The van der Waals surface area contributed by atoms with Crippen molar-refractivity contribution in [3.8, 4) is 0 Å². The number of nitrogens with one attached hydrogen (secondary N) is 1. The maximum absolute atomic E-state index is 6.40. The van der Waals surface area contributed by atoms with Crippen LogP contribution in [0.25, 0.3) is 0 Å². The maximum atomic E-state index is 6.40. The van der Waals surface area contributed by atoms with Crippen molar-refractivity contribution < 1.29 is 0 Å². The number of rotatable bonds is 4. The Bertz CT molecular complexity index is 445. The van der Waals surface area contributed by atoms with Crippen LogP contribution in [0.5, 0.6) is 0 Å². The van der Waals surface area contributed by atoms with E-state index in [0.29, 0.717) is 12.1 Å². The van der Waals surface area contributed by atoms with Crippen molar-refractivity contribution in [2.45, 2.75) is 52.7 Å². The van der Waals surface area contributed by atoms with Crippen LogP contribution in [0, 0.1) is 12.8 Å². The second-order valence-corrected chi connectivity index (χ2v) is 7.02. The minimum atomic E-state index is 0.558. The Hall–Kier alpha value is -0.570. The summed E-state index contributed by atoms with van der Waals surface area (Å²) in [4.78, 5) is 2.59. The van der Waals surface area contributed by atoms with Crippen molar-refractivity contribution in [3.05, 3.63) is 34.3 Å². The van der Waals surface area contributed by atoms with Crippen LogP contribution >= 0.6 is 11.6 Å². The highest BCUT2D eigenvalue weighted by atomic mass is 35.5. The molecule has 0 saturated carbocycles. The highest BCUT2D eigenvalue weighted by Gasteiger charge is 2.26. The standard InChI is InChI=1S/C17H27ClN2/c1-12(2)7-16-9-19-14(4)10-20(16)11-15-6-5-13(3)8-17(15)18/h5-6,8,12,14,16,19H,7,9-11H2,1-4H3. The molecule has 1 aromatic carbocycles. The molecule has 2 nitrogen and oxygen atoms in total. The van der Waals surface area contributed by atoms with Crippen LogP contribution in [0.2, 0.25) is 5.02 Å². The first-order valence-corrected chi connectivity index (χ1v) is 8.06. The minimum absolute atomic E-state index is 0.558. The smallest absolute Gasteiger partial charge is 0.0453 e. The molecule has 0 bridgehead atoms. The number of piperazine rings is 1. The predicted molar refractivity (Wildman–Crippen MR) is 87.3 cm³/mol. The van der Waals surface area contributed by atoms with Crippen LogP contribution in [0.1, 0.15) is 38.3 Å². The van der Waals surface area contributed by atoms with Gasteiger partial charge in [-0.15, -0.1) is 0 Å². The molecule has 0 aromatic heterocycles. The topological polar surface area (TPSA) is 15.3 Å². The van der Waals surface area contributed by atoms with Gasteiger partial charge >= 0.3 is 0 Å². The Morgan fingerprint density at radius 1 is 1.40 bits per heavy atom. The second kappa shape index (κ2) is 6.93. The molecule has 0 aliphatic carbocycles. The SMILES string of the molecule is Cc1ccc(CN2CC(C)NCC2CC(C)C)c(Cl)c1. The van der Waals surface area contributed by atoms with Crippen molar-refractivity contribution in [1.82, 2.24) is 10.2 Å². The molecule has 0 amide bonds. The summed E-state index contributed by atoms with van der Waals surface area (Å²) in [6.07, 6.45) is 1.24. The number of hydrogen-bond donors (Lipinski definition) is 1. The van der Waals surface area contributed by atoms with Crippen molar-refractivity contribution in [2.24, 2.45) is 5.92 Å². The van der Waals surface area contributed by atoms with Gasteiger partial charge in [0.1, 0.15) is 0 Å². The minimum Gasteiger partial charge on any atom is -0.311 e. The molecular weight excluding hydrogens is 268 g/mol. The lowest BCUT2D eigenvalue weighted by Gasteiger charge is -2.40. The summed E-state index contributed by atoms with van der Waals surface area (Å²) in [5.74, 6) is 0.728. The molecule has 1 saturated heterocycles. The van der Waals surface area contributed by atoms with Crippen LogP contribution < -0.4 is 5.32 Å². The van der Waals surface area contributed by atoms with Crippen LogP contribution in [-0.4, -0.2) is 30.1 Å². The van der Waals surface area contributed by atoms with Crippen molar-refractivity contribution in [3.63, 3.8) is 0 Å². The molecule has 2 atom stereocenters. The van der Waals surface area contributed by atoms with Gasteiger partial charge in [0.25, 0.3) is 0 Å². The van der Waals surface area contributed by atoms with Gasteiger partial charge < -0.3 is 5.32 Å². The molecule has 0 spiro atoms. The van der Waals surface area contributed by atoms with Crippen molar-refractivity contribution >= 4 is 11.6 Å². The van der Waals surface area contributed by atoms with Crippen LogP contribution in [0.15, 0.2) is 18.2 Å². The third kappa shape index (κ3) is 4.21. The molecule has 0 radical (unpaired) electrons. The van der Waals surface area contributed by atoms with Crippen molar-refractivity contribution in [1.29, 1.82) is 0 Å². The lowest BCUT2D eigenvalue weighted by atomic mass is 9.98. The van der Waals surface area contributed by atoms with E-state index in [2.05, 4.69) is 56.1 Å². The fourth-order valence-electron chi connectivity index (χ4n) is 3.00. The van der Waals surface area contributed by atoms with E-state index in [1.807, 2.05) is 0 Å². The van der Waals surface area contributed by atoms with E-state index in [4.69, 9.17) is 11.6 Å². The highest BCUT2D eigenvalue weighted by Crippen LogP contribution is 2.23. The monoisotopic (exact) mass is 294 g/mol. The van der Waals surface area contributed by atoms with Gasteiger partial charge in [-0.3, -0.25) is 4.90 Å². The average Bonchev–Trinajstić information content (AvgIpc) is 2.35. The van der Waals surface area contributed by atoms with Gasteiger partial charge in [0, 0.05) is 36.7 Å². The van der Waals surface area contributed by atoms with E-state index in [1.165, 1.54) is 17.5 Å². The molecule has 1 fully saturated rings. The van der Waals surface area contributed by atoms with Gasteiger partial charge in [0.15, 0.2) is 0 Å². The zero-order chi connectivity index (χ0) is 14.7. The van der Waals surface area contributed by atoms with E-state index < -0.39 is 0 Å².